The Morgan fingerprint density at radius 1 is 1.36 bits per heavy atom. The topological polar surface area (TPSA) is 58.6 Å². The number of amides is 1. The van der Waals surface area contributed by atoms with Gasteiger partial charge in [-0.25, -0.2) is 4.79 Å². The van der Waals surface area contributed by atoms with Gasteiger partial charge >= 0.3 is 6.09 Å². The van der Waals surface area contributed by atoms with Gasteiger partial charge in [0.1, 0.15) is 5.60 Å². The molecule has 1 fully saturated rings. The molecule has 3 unspecified atom stereocenters. The Morgan fingerprint density at radius 3 is 2.64 bits per heavy atom. The molecule has 0 spiro atoms. The molecule has 3 atom stereocenters. The minimum atomic E-state index is -0.517. The predicted molar refractivity (Wildman–Crippen MR) is 86.6 cm³/mol. The van der Waals surface area contributed by atoms with E-state index in [1.54, 1.807) is 0 Å². The molecular formula is C18H27NO3. The van der Waals surface area contributed by atoms with E-state index in [-0.39, 0.29) is 18.1 Å². The Morgan fingerprint density at radius 2 is 2.09 bits per heavy atom. The van der Waals surface area contributed by atoms with Crippen molar-refractivity contribution in [1.82, 2.24) is 5.32 Å². The van der Waals surface area contributed by atoms with Crippen LogP contribution in [0.2, 0.25) is 0 Å². The number of rotatable bonds is 3. The van der Waals surface area contributed by atoms with Crippen molar-refractivity contribution < 1.29 is 14.6 Å². The van der Waals surface area contributed by atoms with Crippen molar-refractivity contribution in [1.29, 1.82) is 0 Å². The summed E-state index contributed by atoms with van der Waals surface area (Å²) in [4.78, 5) is 12.2. The number of hydrogen-bond acceptors (Lipinski definition) is 3. The van der Waals surface area contributed by atoms with Crippen LogP contribution in [0.4, 0.5) is 4.79 Å². The second kappa shape index (κ2) is 6.69. The SMILES string of the molecule is Cc1cccc(C(NC(=O)OC(C)(C)C)C2CCC(O)C2)c1. The summed E-state index contributed by atoms with van der Waals surface area (Å²) in [5.74, 6) is 0.240. The predicted octanol–water partition coefficient (Wildman–Crippen LogP) is 3.72. The van der Waals surface area contributed by atoms with Crippen molar-refractivity contribution in [2.24, 2.45) is 5.92 Å². The number of aliphatic hydroxyl groups excluding tert-OH is 1. The first-order valence-corrected chi connectivity index (χ1v) is 7.99. The maximum atomic E-state index is 12.2. The van der Waals surface area contributed by atoms with Gasteiger partial charge in [-0.05, 0) is 58.4 Å². The van der Waals surface area contributed by atoms with Crippen LogP contribution in [0.1, 0.15) is 57.2 Å². The smallest absolute Gasteiger partial charge is 0.408 e. The molecule has 0 aromatic heterocycles. The molecule has 0 radical (unpaired) electrons. The first-order chi connectivity index (χ1) is 10.2. The lowest BCUT2D eigenvalue weighted by atomic mass is 9.91. The number of nitrogens with one attached hydrogen (secondary N) is 1. The number of ether oxygens (including phenoxy) is 1. The van der Waals surface area contributed by atoms with Crippen LogP contribution in [-0.4, -0.2) is 22.9 Å². The van der Waals surface area contributed by atoms with Gasteiger partial charge in [0.05, 0.1) is 12.1 Å². The maximum absolute atomic E-state index is 12.2. The van der Waals surface area contributed by atoms with E-state index in [9.17, 15) is 9.90 Å². The molecule has 4 heteroatoms. The average Bonchev–Trinajstić information content (AvgIpc) is 2.80. The fourth-order valence-electron chi connectivity index (χ4n) is 3.07. The molecule has 1 aliphatic rings. The number of benzene rings is 1. The molecule has 0 bridgehead atoms. The monoisotopic (exact) mass is 305 g/mol. The summed E-state index contributed by atoms with van der Waals surface area (Å²) in [6.45, 7) is 7.60. The van der Waals surface area contributed by atoms with Crippen molar-refractivity contribution >= 4 is 6.09 Å². The van der Waals surface area contributed by atoms with Gasteiger partial charge in [0.2, 0.25) is 0 Å². The van der Waals surface area contributed by atoms with Crippen molar-refractivity contribution in [3.8, 4) is 0 Å². The zero-order valence-corrected chi connectivity index (χ0v) is 13.9. The Bertz CT molecular complexity index is 521. The highest BCUT2D eigenvalue weighted by atomic mass is 16.6. The molecule has 0 heterocycles. The van der Waals surface area contributed by atoms with Crippen LogP contribution in [0.15, 0.2) is 24.3 Å². The van der Waals surface area contributed by atoms with Crippen molar-refractivity contribution in [2.45, 2.75) is 64.7 Å². The Labute approximate surface area is 132 Å². The minimum Gasteiger partial charge on any atom is -0.444 e. The van der Waals surface area contributed by atoms with Gasteiger partial charge in [-0.1, -0.05) is 29.8 Å². The Kier molecular flexibility index (Phi) is 5.12. The number of aryl methyl sites for hydroxylation is 1. The summed E-state index contributed by atoms with van der Waals surface area (Å²) in [6, 6.07) is 8.04. The summed E-state index contributed by atoms with van der Waals surface area (Å²) in [5, 5.41) is 12.8. The van der Waals surface area contributed by atoms with E-state index in [2.05, 4.69) is 11.4 Å². The summed E-state index contributed by atoms with van der Waals surface area (Å²) in [6.07, 6.45) is 1.76. The number of carbonyl (C=O) groups is 1. The van der Waals surface area contributed by atoms with Gasteiger partial charge in [-0.3, -0.25) is 0 Å². The molecule has 1 saturated carbocycles. The molecule has 2 rings (SSSR count). The normalized spacial score (nSPS) is 23.1. The quantitative estimate of drug-likeness (QED) is 0.894. The van der Waals surface area contributed by atoms with Crippen molar-refractivity contribution in [3.05, 3.63) is 35.4 Å². The fraction of sp³-hybridized carbons (Fsp3) is 0.611. The largest absolute Gasteiger partial charge is 0.444 e. The lowest BCUT2D eigenvalue weighted by Gasteiger charge is -2.28. The molecule has 1 amide bonds. The van der Waals surface area contributed by atoms with Crippen LogP contribution in [0, 0.1) is 12.8 Å². The van der Waals surface area contributed by atoms with Gasteiger partial charge in [-0.15, -0.1) is 0 Å². The van der Waals surface area contributed by atoms with Crippen LogP contribution in [0.3, 0.4) is 0 Å². The third kappa shape index (κ3) is 4.73. The molecule has 2 N–H and O–H groups in total. The van der Waals surface area contributed by atoms with Crippen LogP contribution in [0.25, 0.3) is 0 Å². The fourth-order valence-corrected chi connectivity index (χ4v) is 3.07. The maximum Gasteiger partial charge on any atom is 0.408 e. The Balaban J connectivity index is 2.17. The molecule has 0 aliphatic heterocycles. The molecule has 122 valence electrons. The van der Waals surface area contributed by atoms with E-state index in [0.717, 1.165) is 24.0 Å². The second-order valence-corrected chi connectivity index (χ2v) is 7.26. The summed E-state index contributed by atoms with van der Waals surface area (Å²) in [7, 11) is 0. The van der Waals surface area contributed by atoms with Crippen molar-refractivity contribution in [3.63, 3.8) is 0 Å². The van der Waals surface area contributed by atoms with Gasteiger partial charge in [0.25, 0.3) is 0 Å². The average molecular weight is 305 g/mol. The minimum absolute atomic E-state index is 0.119. The molecule has 22 heavy (non-hydrogen) atoms. The summed E-state index contributed by atoms with van der Waals surface area (Å²) in [5.41, 5.74) is 1.72. The van der Waals surface area contributed by atoms with E-state index in [4.69, 9.17) is 4.74 Å². The number of carbonyl (C=O) groups excluding carboxylic acids is 1. The van der Waals surface area contributed by atoms with Crippen LogP contribution in [-0.2, 0) is 4.74 Å². The van der Waals surface area contributed by atoms with E-state index in [1.807, 2.05) is 45.9 Å². The number of alkyl carbamates (subject to hydrolysis) is 1. The van der Waals surface area contributed by atoms with E-state index < -0.39 is 11.7 Å². The van der Waals surface area contributed by atoms with E-state index in [1.165, 1.54) is 0 Å². The van der Waals surface area contributed by atoms with Crippen LogP contribution >= 0.6 is 0 Å². The zero-order valence-electron chi connectivity index (χ0n) is 13.9. The molecule has 1 aliphatic carbocycles. The van der Waals surface area contributed by atoms with Gasteiger partial charge < -0.3 is 15.2 Å². The van der Waals surface area contributed by atoms with E-state index in [0.29, 0.717) is 6.42 Å². The van der Waals surface area contributed by atoms with Gasteiger partial charge in [0, 0.05) is 0 Å². The molecule has 0 saturated heterocycles. The van der Waals surface area contributed by atoms with Crippen LogP contribution < -0.4 is 5.32 Å². The summed E-state index contributed by atoms with van der Waals surface area (Å²) >= 11 is 0. The molecular weight excluding hydrogens is 278 g/mol. The zero-order chi connectivity index (χ0) is 16.3. The van der Waals surface area contributed by atoms with Crippen molar-refractivity contribution in [2.75, 3.05) is 0 Å². The number of aliphatic hydroxyl groups is 1. The third-order valence-corrected chi connectivity index (χ3v) is 3.99. The molecule has 4 nitrogen and oxygen atoms in total. The first-order valence-electron chi connectivity index (χ1n) is 7.99. The standard InChI is InChI=1S/C18H27NO3/c1-12-6-5-7-13(10-12)16(14-8-9-15(20)11-14)19-17(21)22-18(2,3)4/h5-7,10,14-16,20H,8-9,11H2,1-4H3,(H,19,21). The van der Waals surface area contributed by atoms with Crippen LogP contribution in [0.5, 0.6) is 0 Å². The lowest BCUT2D eigenvalue weighted by molar-refractivity contribution is 0.0481. The highest BCUT2D eigenvalue weighted by molar-refractivity contribution is 5.68. The summed E-state index contributed by atoms with van der Waals surface area (Å²) < 4.78 is 5.39. The Hall–Kier alpha value is -1.55. The molecule has 1 aromatic rings. The first kappa shape index (κ1) is 16.8. The lowest BCUT2D eigenvalue weighted by Crippen LogP contribution is -2.37. The third-order valence-electron chi connectivity index (χ3n) is 3.99. The van der Waals surface area contributed by atoms with E-state index >= 15 is 0 Å². The second-order valence-electron chi connectivity index (χ2n) is 7.26. The number of hydrogen-bond donors (Lipinski definition) is 2. The molecule has 1 aromatic carbocycles. The highest BCUT2D eigenvalue weighted by Crippen LogP contribution is 2.36. The highest BCUT2D eigenvalue weighted by Gasteiger charge is 2.33. The van der Waals surface area contributed by atoms with Gasteiger partial charge in [-0.2, -0.15) is 0 Å². The van der Waals surface area contributed by atoms with Gasteiger partial charge in [0.15, 0.2) is 0 Å².